The molecule has 1 N–H and O–H groups in total. The average molecular weight is 299 g/mol. The van der Waals surface area contributed by atoms with E-state index in [0.29, 0.717) is 10.0 Å². The van der Waals surface area contributed by atoms with Gasteiger partial charge in [0.15, 0.2) is 0 Å². The van der Waals surface area contributed by atoms with Gasteiger partial charge in [0, 0.05) is 24.3 Å². The predicted molar refractivity (Wildman–Crippen MR) is 72.6 cm³/mol. The third-order valence-electron chi connectivity index (χ3n) is 3.03. The van der Waals surface area contributed by atoms with E-state index in [1.165, 1.54) is 24.3 Å². The summed E-state index contributed by atoms with van der Waals surface area (Å²) in [5.41, 5.74) is 0.189. The van der Waals surface area contributed by atoms with Gasteiger partial charge in [0.25, 0.3) is 23.6 Å². The molecule has 0 unspecified atom stereocenters. The molecule has 2 heterocycles. The fourth-order valence-corrected chi connectivity index (χ4v) is 2.06. The van der Waals surface area contributed by atoms with Gasteiger partial charge < -0.3 is 5.11 Å². The van der Waals surface area contributed by atoms with Crippen molar-refractivity contribution in [1.29, 1.82) is 0 Å². The lowest BCUT2D eigenvalue weighted by molar-refractivity contribution is -0.147. The molecule has 2 aliphatic rings. The molecule has 4 amide bonds. The number of hydrogen-bond acceptors (Lipinski definition) is 6. The number of phenols is 1. The standard InChI is InChI=1S/C14H9N3O5/c18-10-3-1-9(2-4-10)17(15-11(19)5-6-12(15)20)16-13(21)7-8-14(16)22/h1-8,18H. The molecule has 0 saturated heterocycles. The van der Waals surface area contributed by atoms with Gasteiger partial charge in [-0.15, -0.1) is 0 Å². The predicted octanol–water partition coefficient (Wildman–Crippen LogP) is -0.121. The Morgan fingerprint density at radius 1 is 0.682 bits per heavy atom. The van der Waals surface area contributed by atoms with Crippen LogP contribution in [0.4, 0.5) is 5.69 Å². The van der Waals surface area contributed by atoms with Crippen molar-refractivity contribution in [1.82, 2.24) is 10.0 Å². The van der Waals surface area contributed by atoms with Crippen LogP contribution in [0, 0.1) is 0 Å². The lowest BCUT2D eigenvalue weighted by Crippen LogP contribution is -2.58. The number of amides is 4. The number of hydrazine groups is 2. The fraction of sp³-hybridized carbons (Fsp3) is 0. The minimum Gasteiger partial charge on any atom is -0.508 e. The summed E-state index contributed by atoms with van der Waals surface area (Å²) in [5, 5.41) is 11.5. The maximum absolute atomic E-state index is 11.9. The largest absolute Gasteiger partial charge is 0.508 e. The summed E-state index contributed by atoms with van der Waals surface area (Å²) in [5.74, 6) is -2.80. The highest BCUT2D eigenvalue weighted by Gasteiger charge is 2.39. The number of carbonyl (C=O) groups excluding carboxylic acids is 4. The molecule has 1 aromatic carbocycles. The van der Waals surface area contributed by atoms with Gasteiger partial charge in [-0.25, -0.2) is 0 Å². The minimum atomic E-state index is -0.689. The number of rotatable bonds is 3. The van der Waals surface area contributed by atoms with Crippen LogP contribution in [-0.2, 0) is 19.2 Å². The molecule has 0 saturated carbocycles. The minimum absolute atomic E-state index is 0.0434. The highest BCUT2D eigenvalue weighted by Crippen LogP contribution is 2.26. The van der Waals surface area contributed by atoms with E-state index < -0.39 is 23.6 Å². The van der Waals surface area contributed by atoms with Gasteiger partial charge in [-0.2, -0.15) is 15.1 Å². The van der Waals surface area contributed by atoms with Crippen molar-refractivity contribution >= 4 is 29.3 Å². The summed E-state index contributed by atoms with van der Waals surface area (Å²) in [6.07, 6.45) is 4.14. The molecule has 3 rings (SSSR count). The lowest BCUT2D eigenvalue weighted by atomic mass is 10.3. The molecule has 2 aliphatic heterocycles. The maximum atomic E-state index is 11.9. The van der Waals surface area contributed by atoms with Crippen molar-refractivity contribution in [2.75, 3.05) is 5.12 Å². The van der Waals surface area contributed by atoms with E-state index in [0.717, 1.165) is 29.4 Å². The van der Waals surface area contributed by atoms with Gasteiger partial charge in [0.2, 0.25) is 0 Å². The zero-order chi connectivity index (χ0) is 15.9. The van der Waals surface area contributed by atoms with Crippen molar-refractivity contribution in [3.63, 3.8) is 0 Å². The van der Waals surface area contributed by atoms with Crippen LogP contribution in [0.2, 0.25) is 0 Å². The van der Waals surface area contributed by atoms with E-state index in [4.69, 9.17) is 0 Å². The van der Waals surface area contributed by atoms with Crippen LogP contribution in [0.5, 0.6) is 5.75 Å². The first-order chi connectivity index (χ1) is 10.5. The number of phenolic OH excluding ortho intramolecular Hbond substituents is 1. The summed E-state index contributed by atoms with van der Waals surface area (Å²) in [4.78, 5) is 47.6. The van der Waals surface area contributed by atoms with Crippen molar-refractivity contribution in [2.45, 2.75) is 0 Å². The Hall–Kier alpha value is -3.42. The van der Waals surface area contributed by atoms with Crippen LogP contribution in [0.25, 0.3) is 0 Å². The molecule has 0 aliphatic carbocycles. The van der Waals surface area contributed by atoms with Gasteiger partial charge in [0.05, 0.1) is 5.69 Å². The van der Waals surface area contributed by atoms with Crippen LogP contribution in [0.3, 0.4) is 0 Å². The summed E-state index contributed by atoms with van der Waals surface area (Å²) in [7, 11) is 0. The molecule has 0 radical (unpaired) electrons. The molecule has 110 valence electrons. The molecule has 0 atom stereocenters. The highest BCUT2D eigenvalue weighted by molar-refractivity contribution is 6.17. The Kier molecular flexibility index (Phi) is 2.99. The number of anilines is 1. The number of imide groups is 2. The summed E-state index contributed by atoms with van der Waals surface area (Å²) < 4.78 is 0. The SMILES string of the molecule is O=C1C=CC(=O)N1N(c1ccc(O)cc1)N1C(=O)C=CC1=O. The number of aromatic hydroxyl groups is 1. The highest BCUT2D eigenvalue weighted by atomic mass is 16.3. The Morgan fingerprint density at radius 3 is 1.41 bits per heavy atom. The molecule has 0 bridgehead atoms. The number of benzene rings is 1. The smallest absolute Gasteiger partial charge is 0.274 e. The Balaban J connectivity index is 2.08. The topological polar surface area (TPSA) is 98.2 Å². The van der Waals surface area contributed by atoms with Gasteiger partial charge in [-0.1, -0.05) is 0 Å². The quantitative estimate of drug-likeness (QED) is 0.781. The van der Waals surface area contributed by atoms with E-state index in [2.05, 4.69) is 0 Å². The van der Waals surface area contributed by atoms with Gasteiger partial charge in [-0.05, 0) is 24.3 Å². The van der Waals surface area contributed by atoms with E-state index >= 15 is 0 Å². The van der Waals surface area contributed by atoms with E-state index in [1.807, 2.05) is 0 Å². The van der Waals surface area contributed by atoms with Crippen LogP contribution in [0.15, 0.2) is 48.6 Å². The molecule has 8 nitrogen and oxygen atoms in total. The van der Waals surface area contributed by atoms with E-state index in [1.54, 1.807) is 0 Å². The van der Waals surface area contributed by atoms with Crippen molar-refractivity contribution in [3.05, 3.63) is 48.6 Å². The van der Waals surface area contributed by atoms with Gasteiger partial charge in [0.1, 0.15) is 5.75 Å². The van der Waals surface area contributed by atoms with Crippen molar-refractivity contribution in [2.24, 2.45) is 0 Å². The number of nitrogens with zero attached hydrogens (tertiary/aromatic N) is 3. The van der Waals surface area contributed by atoms with Crippen LogP contribution >= 0.6 is 0 Å². The monoisotopic (exact) mass is 299 g/mol. The molecule has 22 heavy (non-hydrogen) atoms. The molecule has 0 fully saturated rings. The third-order valence-corrected chi connectivity index (χ3v) is 3.03. The molecule has 1 aromatic rings. The van der Waals surface area contributed by atoms with E-state index in [-0.39, 0.29) is 11.4 Å². The molecular weight excluding hydrogens is 290 g/mol. The number of hydrogen-bond donors (Lipinski definition) is 1. The second kappa shape index (κ2) is 4.85. The number of carbonyl (C=O) groups is 4. The zero-order valence-electron chi connectivity index (χ0n) is 11.0. The first-order valence-corrected chi connectivity index (χ1v) is 6.20. The average Bonchev–Trinajstić information content (AvgIpc) is 2.99. The molecular formula is C14H9N3O5. The molecule has 8 heteroatoms. The van der Waals surface area contributed by atoms with Gasteiger partial charge >= 0.3 is 0 Å². The van der Waals surface area contributed by atoms with Crippen LogP contribution < -0.4 is 5.12 Å². The third kappa shape index (κ3) is 2.03. The zero-order valence-corrected chi connectivity index (χ0v) is 11.0. The summed E-state index contributed by atoms with van der Waals surface area (Å²) in [6.45, 7) is 0. The second-order valence-electron chi connectivity index (χ2n) is 4.45. The Bertz CT molecular complexity index is 672. The summed E-state index contributed by atoms with van der Waals surface area (Å²) >= 11 is 0. The van der Waals surface area contributed by atoms with Crippen LogP contribution in [-0.4, -0.2) is 38.8 Å². The van der Waals surface area contributed by atoms with E-state index in [9.17, 15) is 24.3 Å². The summed E-state index contributed by atoms with van der Waals surface area (Å²) in [6, 6.07) is 5.35. The van der Waals surface area contributed by atoms with Crippen molar-refractivity contribution < 1.29 is 24.3 Å². The Morgan fingerprint density at radius 2 is 1.05 bits per heavy atom. The van der Waals surface area contributed by atoms with Crippen molar-refractivity contribution in [3.8, 4) is 5.75 Å². The fourth-order valence-electron chi connectivity index (χ4n) is 2.06. The first kappa shape index (κ1) is 13.6. The molecule has 0 spiro atoms. The second-order valence-corrected chi connectivity index (χ2v) is 4.45. The molecule has 0 aromatic heterocycles. The normalized spacial score (nSPS) is 17.1. The lowest BCUT2D eigenvalue weighted by Gasteiger charge is -2.36. The first-order valence-electron chi connectivity index (χ1n) is 6.20. The van der Waals surface area contributed by atoms with Gasteiger partial charge in [-0.3, -0.25) is 19.2 Å². The Labute approximate surface area is 124 Å². The maximum Gasteiger partial charge on any atom is 0.274 e. The van der Waals surface area contributed by atoms with Crippen LogP contribution in [0.1, 0.15) is 0 Å².